The van der Waals surface area contributed by atoms with Gasteiger partial charge in [-0.15, -0.1) is 0 Å². The summed E-state index contributed by atoms with van der Waals surface area (Å²) in [4.78, 5) is 0. The summed E-state index contributed by atoms with van der Waals surface area (Å²) < 4.78 is 1.14. The van der Waals surface area contributed by atoms with E-state index < -0.39 is 0 Å². The average Bonchev–Trinajstić information content (AvgIpc) is 3.24. The number of hydrogen-bond donors (Lipinski definition) is 1. The summed E-state index contributed by atoms with van der Waals surface area (Å²) in [5.74, 6) is 0.721. The fourth-order valence-corrected chi connectivity index (χ4v) is 3.74. The van der Waals surface area contributed by atoms with E-state index in [9.17, 15) is 0 Å². The Kier molecular flexibility index (Phi) is 4.28. The minimum Gasteiger partial charge on any atom is -0.377 e. The molecular formula is C18H19BrClN. The molecule has 2 aromatic carbocycles. The monoisotopic (exact) mass is 363 g/mol. The Balaban J connectivity index is 1.91. The Bertz CT molecular complexity index is 624. The van der Waals surface area contributed by atoms with Crippen LogP contribution >= 0.6 is 27.5 Å². The molecule has 0 aromatic heterocycles. The molecule has 0 amide bonds. The topological polar surface area (TPSA) is 12.0 Å². The second kappa shape index (κ2) is 6.02. The van der Waals surface area contributed by atoms with Crippen molar-refractivity contribution in [3.8, 4) is 0 Å². The standard InChI is InChI=1S/C18H19BrClN/c1-11-9-12(2)17(16(19)10-11)21-18(13-3-4-13)14-5-7-15(20)8-6-14/h5-10,13,18,21H,3-4H2,1-2H3. The number of rotatable bonds is 4. The van der Waals surface area contributed by atoms with Crippen molar-refractivity contribution in [2.45, 2.75) is 32.7 Å². The molecule has 2 aromatic rings. The number of anilines is 1. The lowest BCUT2D eigenvalue weighted by Crippen LogP contribution is -2.14. The van der Waals surface area contributed by atoms with Crippen molar-refractivity contribution < 1.29 is 0 Å². The van der Waals surface area contributed by atoms with Crippen LogP contribution in [0.5, 0.6) is 0 Å². The van der Waals surface area contributed by atoms with Crippen molar-refractivity contribution in [2.24, 2.45) is 5.92 Å². The second-order valence-electron chi connectivity index (χ2n) is 5.95. The van der Waals surface area contributed by atoms with Gasteiger partial charge in [-0.2, -0.15) is 0 Å². The van der Waals surface area contributed by atoms with Crippen LogP contribution in [0.4, 0.5) is 5.69 Å². The van der Waals surface area contributed by atoms with Gasteiger partial charge in [0, 0.05) is 9.50 Å². The Morgan fingerprint density at radius 1 is 1.14 bits per heavy atom. The highest BCUT2D eigenvalue weighted by atomic mass is 79.9. The molecule has 1 atom stereocenters. The Morgan fingerprint density at radius 2 is 1.81 bits per heavy atom. The molecule has 21 heavy (non-hydrogen) atoms. The van der Waals surface area contributed by atoms with Crippen molar-refractivity contribution in [1.82, 2.24) is 0 Å². The first-order chi connectivity index (χ1) is 10.0. The lowest BCUT2D eigenvalue weighted by atomic mass is 10.0. The first-order valence-corrected chi connectivity index (χ1v) is 8.50. The maximum Gasteiger partial charge on any atom is 0.0542 e. The van der Waals surface area contributed by atoms with Gasteiger partial charge in [-0.05, 0) is 83.4 Å². The SMILES string of the molecule is Cc1cc(C)c(NC(c2ccc(Cl)cc2)C2CC2)c(Br)c1. The quantitative estimate of drug-likeness (QED) is 0.673. The molecule has 0 saturated heterocycles. The molecule has 3 heteroatoms. The molecule has 0 spiro atoms. The van der Waals surface area contributed by atoms with Crippen LogP contribution in [0.2, 0.25) is 5.02 Å². The molecule has 1 aliphatic rings. The molecule has 1 nitrogen and oxygen atoms in total. The molecule has 1 aliphatic carbocycles. The third-order valence-electron chi connectivity index (χ3n) is 4.05. The van der Waals surface area contributed by atoms with E-state index in [4.69, 9.17) is 11.6 Å². The molecule has 3 rings (SSSR count). The van der Waals surface area contributed by atoms with Gasteiger partial charge >= 0.3 is 0 Å². The maximum atomic E-state index is 6.01. The van der Waals surface area contributed by atoms with E-state index in [1.165, 1.54) is 35.2 Å². The first kappa shape index (κ1) is 14.9. The van der Waals surface area contributed by atoms with Gasteiger partial charge in [0.2, 0.25) is 0 Å². The highest BCUT2D eigenvalue weighted by Gasteiger charge is 2.32. The summed E-state index contributed by atoms with van der Waals surface area (Å²) in [5, 5.41) is 4.54. The van der Waals surface area contributed by atoms with E-state index in [-0.39, 0.29) is 0 Å². The molecule has 1 fully saturated rings. The van der Waals surface area contributed by atoms with Crippen LogP contribution in [0.1, 0.15) is 35.6 Å². The van der Waals surface area contributed by atoms with Gasteiger partial charge in [0.25, 0.3) is 0 Å². The lowest BCUT2D eigenvalue weighted by Gasteiger charge is -2.23. The third-order valence-corrected chi connectivity index (χ3v) is 4.93. The summed E-state index contributed by atoms with van der Waals surface area (Å²) in [6.07, 6.45) is 2.59. The summed E-state index contributed by atoms with van der Waals surface area (Å²) in [6, 6.07) is 13.0. The maximum absolute atomic E-state index is 6.01. The van der Waals surface area contributed by atoms with Gasteiger partial charge in [-0.1, -0.05) is 29.8 Å². The van der Waals surface area contributed by atoms with E-state index in [1.807, 2.05) is 12.1 Å². The minimum absolute atomic E-state index is 0.361. The van der Waals surface area contributed by atoms with E-state index >= 15 is 0 Å². The molecule has 1 unspecified atom stereocenters. The van der Waals surface area contributed by atoms with Crippen LogP contribution < -0.4 is 5.32 Å². The van der Waals surface area contributed by atoms with Crippen molar-refractivity contribution in [2.75, 3.05) is 5.32 Å². The molecule has 0 aliphatic heterocycles. The number of aryl methyl sites for hydroxylation is 2. The average molecular weight is 365 g/mol. The fourth-order valence-electron chi connectivity index (χ4n) is 2.83. The number of benzene rings is 2. The normalized spacial score (nSPS) is 15.8. The molecule has 110 valence electrons. The number of nitrogens with one attached hydrogen (secondary N) is 1. The van der Waals surface area contributed by atoms with E-state index in [2.05, 4.69) is 59.4 Å². The van der Waals surface area contributed by atoms with Crippen LogP contribution in [0.3, 0.4) is 0 Å². The van der Waals surface area contributed by atoms with E-state index in [1.54, 1.807) is 0 Å². The van der Waals surface area contributed by atoms with Gasteiger partial charge in [0.05, 0.1) is 11.7 Å². The van der Waals surface area contributed by atoms with Gasteiger partial charge < -0.3 is 5.32 Å². The van der Waals surface area contributed by atoms with Crippen molar-refractivity contribution in [3.63, 3.8) is 0 Å². The van der Waals surface area contributed by atoms with Gasteiger partial charge in [0.1, 0.15) is 0 Å². The number of halogens is 2. The zero-order valence-electron chi connectivity index (χ0n) is 12.3. The van der Waals surface area contributed by atoms with Crippen LogP contribution in [0.25, 0.3) is 0 Å². The fraction of sp³-hybridized carbons (Fsp3) is 0.333. The molecule has 0 heterocycles. The lowest BCUT2D eigenvalue weighted by molar-refractivity contribution is 0.678. The highest BCUT2D eigenvalue weighted by molar-refractivity contribution is 9.10. The smallest absolute Gasteiger partial charge is 0.0542 e. The zero-order chi connectivity index (χ0) is 15.0. The predicted molar refractivity (Wildman–Crippen MR) is 94.2 cm³/mol. The minimum atomic E-state index is 0.361. The van der Waals surface area contributed by atoms with Gasteiger partial charge in [-0.3, -0.25) is 0 Å². The van der Waals surface area contributed by atoms with Crippen LogP contribution in [0, 0.1) is 19.8 Å². The van der Waals surface area contributed by atoms with Crippen molar-refractivity contribution >= 4 is 33.2 Å². The molecule has 0 bridgehead atoms. The number of hydrogen-bond acceptors (Lipinski definition) is 1. The molecule has 1 saturated carbocycles. The summed E-state index contributed by atoms with van der Waals surface area (Å²) >= 11 is 9.71. The largest absolute Gasteiger partial charge is 0.377 e. The van der Waals surface area contributed by atoms with Gasteiger partial charge in [0.15, 0.2) is 0 Å². The predicted octanol–water partition coefficient (Wildman–Crippen LogP) is 6.28. The third kappa shape index (κ3) is 3.44. The molecular weight excluding hydrogens is 346 g/mol. The van der Waals surface area contributed by atoms with Crippen LogP contribution in [-0.2, 0) is 0 Å². The zero-order valence-corrected chi connectivity index (χ0v) is 14.6. The Morgan fingerprint density at radius 3 is 2.38 bits per heavy atom. The van der Waals surface area contributed by atoms with E-state index in [0.29, 0.717) is 6.04 Å². The summed E-state index contributed by atoms with van der Waals surface area (Å²) in [5.41, 5.74) is 5.07. The van der Waals surface area contributed by atoms with Crippen LogP contribution in [0.15, 0.2) is 40.9 Å². The van der Waals surface area contributed by atoms with Crippen molar-refractivity contribution in [1.29, 1.82) is 0 Å². The summed E-state index contributed by atoms with van der Waals surface area (Å²) in [6.45, 7) is 4.28. The van der Waals surface area contributed by atoms with Crippen LogP contribution in [-0.4, -0.2) is 0 Å². The first-order valence-electron chi connectivity index (χ1n) is 7.33. The van der Waals surface area contributed by atoms with E-state index in [0.717, 1.165) is 15.4 Å². The second-order valence-corrected chi connectivity index (χ2v) is 7.24. The highest BCUT2D eigenvalue weighted by Crippen LogP contribution is 2.44. The Labute approximate surface area is 139 Å². The van der Waals surface area contributed by atoms with Crippen molar-refractivity contribution in [3.05, 3.63) is 62.6 Å². The molecule has 1 N–H and O–H groups in total. The summed E-state index contributed by atoms with van der Waals surface area (Å²) in [7, 11) is 0. The Hall–Kier alpha value is -0.990. The molecule has 0 radical (unpaired) electrons. The van der Waals surface area contributed by atoms with Gasteiger partial charge in [-0.25, -0.2) is 0 Å².